The molecule has 4 atom stereocenters. The third-order valence-corrected chi connectivity index (χ3v) is 7.86. The summed E-state index contributed by atoms with van der Waals surface area (Å²) in [5.74, 6) is 0.759. The molecule has 0 unspecified atom stereocenters. The van der Waals surface area contributed by atoms with E-state index in [-0.39, 0.29) is 30.6 Å². The zero-order valence-corrected chi connectivity index (χ0v) is 22.0. The lowest BCUT2D eigenvalue weighted by molar-refractivity contribution is -0.268. The van der Waals surface area contributed by atoms with Gasteiger partial charge in [-0.3, -0.25) is 4.79 Å². The van der Waals surface area contributed by atoms with Gasteiger partial charge in [0.25, 0.3) is 5.91 Å². The van der Waals surface area contributed by atoms with Crippen LogP contribution in [0.2, 0.25) is 0 Å². The molecule has 2 N–H and O–H groups in total. The minimum absolute atomic E-state index is 0.0105. The molecular formula is C32H31NO4S. The number of hydrogen-bond acceptors (Lipinski definition) is 5. The predicted molar refractivity (Wildman–Crippen MR) is 151 cm³/mol. The molecule has 4 aromatic carbocycles. The zero-order valence-electron chi connectivity index (χ0n) is 21.2. The standard InChI is InChI=1S/C32H31NO4S/c1-22-29(21-38-28-10-6-3-7-11-28)36-32(37-30(22)24-14-12-23(20-34)13-15-24)26-16-18-27(19-17-26)33-31(35)25-8-4-2-5-9-25/h2-19,22,29-30,32,34H,20-21H2,1H3,(H,33,35)/t22-,29+,30+,32+/m0/s1. The fraction of sp³-hybridized carbons (Fsp3) is 0.219. The lowest BCUT2D eigenvalue weighted by Crippen LogP contribution is -2.38. The molecule has 1 fully saturated rings. The second-order valence-corrected chi connectivity index (χ2v) is 10.5. The highest BCUT2D eigenvalue weighted by Gasteiger charge is 2.38. The molecule has 6 heteroatoms. The molecule has 0 bridgehead atoms. The monoisotopic (exact) mass is 525 g/mol. The van der Waals surface area contributed by atoms with E-state index in [0.717, 1.165) is 22.4 Å². The molecule has 0 spiro atoms. The largest absolute Gasteiger partial charge is 0.392 e. The maximum atomic E-state index is 12.5. The van der Waals surface area contributed by atoms with E-state index >= 15 is 0 Å². The number of thioether (sulfide) groups is 1. The van der Waals surface area contributed by atoms with E-state index in [0.29, 0.717) is 11.3 Å². The number of rotatable bonds is 8. The van der Waals surface area contributed by atoms with Crippen LogP contribution in [-0.2, 0) is 16.1 Å². The molecule has 1 heterocycles. The topological polar surface area (TPSA) is 67.8 Å². The van der Waals surface area contributed by atoms with Crippen molar-refractivity contribution in [3.63, 3.8) is 0 Å². The number of hydrogen-bond donors (Lipinski definition) is 2. The van der Waals surface area contributed by atoms with Crippen molar-refractivity contribution in [1.29, 1.82) is 0 Å². The van der Waals surface area contributed by atoms with Gasteiger partial charge in [0.1, 0.15) is 0 Å². The van der Waals surface area contributed by atoms with Crippen molar-refractivity contribution in [2.45, 2.75) is 36.9 Å². The van der Waals surface area contributed by atoms with Crippen LogP contribution in [0, 0.1) is 5.92 Å². The van der Waals surface area contributed by atoms with Crippen molar-refractivity contribution in [1.82, 2.24) is 0 Å². The van der Waals surface area contributed by atoms with Gasteiger partial charge in [0.15, 0.2) is 6.29 Å². The molecule has 38 heavy (non-hydrogen) atoms. The Hall–Kier alpha value is -3.42. The quantitative estimate of drug-likeness (QED) is 0.242. The Kier molecular flexibility index (Phi) is 8.56. The van der Waals surface area contributed by atoms with Gasteiger partial charge >= 0.3 is 0 Å². The van der Waals surface area contributed by atoms with Crippen LogP contribution < -0.4 is 5.32 Å². The fourth-order valence-corrected chi connectivity index (χ4v) is 5.61. The van der Waals surface area contributed by atoms with Crippen LogP contribution in [0.25, 0.3) is 0 Å². The van der Waals surface area contributed by atoms with Crippen LogP contribution in [-0.4, -0.2) is 22.9 Å². The molecule has 5 rings (SSSR count). The summed E-state index contributed by atoms with van der Waals surface area (Å²) >= 11 is 1.78. The Morgan fingerprint density at radius 3 is 2.11 bits per heavy atom. The lowest BCUT2D eigenvalue weighted by atomic mass is 9.91. The van der Waals surface area contributed by atoms with E-state index in [2.05, 4.69) is 24.4 Å². The van der Waals surface area contributed by atoms with Gasteiger partial charge < -0.3 is 19.9 Å². The summed E-state index contributed by atoms with van der Waals surface area (Å²) < 4.78 is 13.1. The molecule has 1 aliphatic heterocycles. The SMILES string of the molecule is C[C@H]1[C@@H](CSc2ccccc2)O[C@@H](c2ccc(NC(=O)c3ccccc3)cc2)O[C@H]1c1ccc(CO)cc1. The smallest absolute Gasteiger partial charge is 0.255 e. The van der Waals surface area contributed by atoms with Crippen LogP contribution in [0.4, 0.5) is 5.69 Å². The predicted octanol–water partition coefficient (Wildman–Crippen LogP) is 7.01. The molecule has 1 amide bonds. The Morgan fingerprint density at radius 2 is 1.45 bits per heavy atom. The van der Waals surface area contributed by atoms with Crippen LogP contribution in [0.3, 0.4) is 0 Å². The van der Waals surface area contributed by atoms with E-state index in [1.54, 1.807) is 23.9 Å². The minimum atomic E-state index is -0.547. The first-order chi connectivity index (χ1) is 18.6. The van der Waals surface area contributed by atoms with E-state index in [9.17, 15) is 9.90 Å². The van der Waals surface area contributed by atoms with Gasteiger partial charge in [-0.05, 0) is 47.5 Å². The second kappa shape index (κ2) is 12.4. The summed E-state index contributed by atoms with van der Waals surface area (Å²) in [4.78, 5) is 13.7. The third kappa shape index (κ3) is 6.34. The molecule has 0 radical (unpaired) electrons. The first kappa shape index (κ1) is 26.2. The van der Waals surface area contributed by atoms with Crippen molar-refractivity contribution < 1.29 is 19.4 Å². The maximum Gasteiger partial charge on any atom is 0.255 e. The zero-order chi connectivity index (χ0) is 26.3. The van der Waals surface area contributed by atoms with Crippen LogP contribution in [0.5, 0.6) is 0 Å². The summed E-state index contributed by atoms with van der Waals surface area (Å²) in [6, 6.07) is 35.0. The van der Waals surface area contributed by atoms with Crippen molar-refractivity contribution >= 4 is 23.4 Å². The Morgan fingerprint density at radius 1 is 0.816 bits per heavy atom. The molecule has 0 saturated carbocycles. The van der Waals surface area contributed by atoms with E-state index in [1.165, 1.54) is 4.90 Å². The lowest BCUT2D eigenvalue weighted by Gasteiger charge is -2.41. The number of aliphatic hydroxyl groups is 1. The van der Waals surface area contributed by atoms with Crippen molar-refractivity contribution in [2.24, 2.45) is 5.92 Å². The van der Waals surface area contributed by atoms with Gasteiger partial charge in [0.2, 0.25) is 0 Å². The molecule has 5 nitrogen and oxygen atoms in total. The molecule has 0 aromatic heterocycles. The first-order valence-corrected chi connectivity index (χ1v) is 13.7. The molecule has 0 aliphatic carbocycles. The van der Waals surface area contributed by atoms with Crippen molar-refractivity contribution in [3.8, 4) is 0 Å². The highest BCUT2D eigenvalue weighted by atomic mass is 32.2. The Labute approximate surface area is 227 Å². The number of ether oxygens (including phenoxy) is 2. The van der Waals surface area contributed by atoms with Crippen molar-refractivity contribution in [3.05, 3.63) is 131 Å². The van der Waals surface area contributed by atoms with Gasteiger partial charge in [-0.1, -0.05) is 79.7 Å². The summed E-state index contributed by atoms with van der Waals surface area (Å²) in [5, 5.41) is 12.4. The van der Waals surface area contributed by atoms with Crippen LogP contribution in [0.15, 0.2) is 114 Å². The summed E-state index contributed by atoms with van der Waals surface area (Å²) in [5.41, 5.74) is 4.14. The number of benzene rings is 4. The average molecular weight is 526 g/mol. The number of aliphatic hydroxyl groups excluding tert-OH is 1. The highest BCUT2D eigenvalue weighted by molar-refractivity contribution is 7.99. The van der Waals surface area contributed by atoms with Crippen molar-refractivity contribution in [2.75, 3.05) is 11.1 Å². The van der Waals surface area contributed by atoms with Gasteiger partial charge in [-0.25, -0.2) is 0 Å². The van der Waals surface area contributed by atoms with Gasteiger partial charge in [0, 0.05) is 33.4 Å². The number of carbonyl (C=O) groups is 1. The third-order valence-electron chi connectivity index (χ3n) is 6.76. The van der Waals surface area contributed by atoms with Crippen LogP contribution >= 0.6 is 11.8 Å². The summed E-state index contributed by atoms with van der Waals surface area (Å²) in [7, 11) is 0. The Balaban J connectivity index is 1.34. The number of anilines is 1. The number of amides is 1. The molecule has 4 aromatic rings. The minimum Gasteiger partial charge on any atom is -0.392 e. The maximum absolute atomic E-state index is 12.5. The van der Waals surface area contributed by atoms with E-state index in [4.69, 9.17) is 9.47 Å². The van der Waals surface area contributed by atoms with Gasteiger partial charge in [0.05, 0.1) is 18.8 Å². The van der Waals surface area contributed by atoms with E-state index in [1.807, 2.05) is 84.9 Å². The molecular weight excluding hydrogens is 494 g/mol. The fourth-order valence-electron chi connectivity index (χ4n) is 4.52. The normalized spacial score (nSPS) is 21.1. The van der Waals surface area contributed by atoms with Crippen LogP contribution in [0.1, 0.15) is 46.4 Å². The molecule has 194 valence electrons. The second-order valence-electron chi connectivity index (χ2n) is 9.39. The van der Waals surface area contributed by atoms with Gasteiger partial charge in [-0.15, -0.1) is 11.8 Å². The summed E-state index contributed by atoms with van der Waals surface area (Å²) in [6.07, 6.45) is -0.756. The summed E-state index contributed by atoms with van der Waals surface area (Å²) in [6.45, 7) is 2.18. The Bertz CT molecular complexity index is 1310. The van der Waals surface area contributed by atoms with E-state index < -0.39 is 6.29 Å². The first-order valence-electron chi connectivity index (χ1n) is 12.8. The number of nitrogens with one attached hydrogen (secondary N) is 1. The average Bonchev–Trinajstić information content (AvgIpc) is 2.98. The number of carbonyl (C=O) groups excluding carboxylic acids is 1. The molecule has 1 aliphatic rings. The highest BCUT2D eigenvalue weighted by Crippen LogP contribution is 2.43. The van der Waals surface area contributed by atoms with Gasteiger partial charge in [-0.2, -0.15) is 0 Å². The molecule has 1 saturated heterocycles.